The van der Waals surface area contributed by atoms with E-state index in [9.17, 15) is 14.4 Å². The Morgan fingerprint density at radius 2 is 1.79 bits per heavy atom. The van der Waals surface area contributed by atoms with Gasteiger partial charge >= 0.3 is 5.97 Å². The van der Waals surface area contributed by atoms with E-state index in [4.69, 9.17) is 4.74 Å². The van der Waals surface area contributed by atoms with Crippen LogP contribution in [0.5, 0.6) is 0 Å². The Kier molecular flexibility index (Phi) is 7.99. The molecule has 28 heavy (non-hydrogen) atoms. The number of quaternary nitrogens is 1. The van der Waals surface area contributed by atoms with Crippen LogP contribution >= 0.6 is 0 Å². The number of carbonyl (C=O) groups excluding carboxylic acids is 3. The van der Waals surface area contributed by atoms with Crippen LogP contribution in [0.15, 0.2) is 18.2 Å². The monoisotopic (exact) mass is 390 g/mol. The summed E-state index contributed by atoms with van der Waals surface area (Å²) in [4.78, 5) is 37.6. The lowest BCUT2D eigenvalue weighted by molar-refractivity contribution is -0.919. The van der Waals surface area contributed by atoms with E-state index in [-0.39, 0.29) is 36.3 Å². The number of carbonyl (C=O) groups is 3. The Bertz CT molecular complexity index is 691. The van der Waals surface area contributed by atoms with Crippen molar-refractivity contribution in [3.05, 3.63) is 29.3 Å². The first-order valence-corrected chi connectivity index (χ1v) is 9.98. The summed E-state index contributed by atoms with van der Waals surface area (Å²) in [6.07, 6.45) is 1.44. The Balaban J connectivity index is 1.78. The molecule has 0 bridgehead atoms. The van der Waals surface area contributed by atoms with E-state index in [1.54, 1.807) is 6.92 Å². The van der Waals surface area contributed by atoms with Crippen LogP contribution in [0.25, 0.3) is 0 Å². The van der Waals surface area contributed by atoms with Crippen molar-refractivity contribution in [1.82, 2.24) is 5.32 Å². The third kappa shape index (κ3) is 5.79. The number of amides is 2. The summed E-state index contributed by atoms with van der Waals surface area (Å²) in [6.45, 7) is 9.36. The summed E-state index contributed by atoms with van der Waals surface area (Å²) in [7, 11) is 0. The van der Waals surface area contributed by atoms with E-state index < -0.39 is 0 Å². The van der Waals surface area contributed by atoms with Crippen LogP contribution in [-0.4, -0.2) is 50.1 Å². The molecule has 0 radical (unpaired) electrons. The molecule has 0 aliphatic carbocycles. The highest BCUT2D eigenvalue weighted by Crippen LogP contribution is 2.19. The van der Waals surface area contributed by atoms with Gasteiger partial charge in [0.15, 0.2) is 6.04 Å². The predicted molar refractivity (Wildman–Crippen MR) is 107 cm³/mol. The molecule has 154 valence electrons. The predicted octanol–water partition coefficient (Wildman–Crippen LogP) is 0.605. The molecular formula is C21H32N3O4+. The van der Waals surface area contributed by atoms with Gasteiger partial charge < -0.3 is 20.3 Å². The molecule has 1 fully saturated rings. The highest BCUT2D eigenvalue weighted by molar-refractivity contribution is 5.96. The molecule has 7 nitrogen and oxygen atoms in total. The Morgan fingerprint density at radius 3 is 2.36 bits per heavy atom. The number of para-hydroxylation sites is 1. The van der Waals surface area contributed by atoms with Crippen molar-refractivity contribution in [3.8, 4) is 0 Å². The van der Waals surface area contributed by atoms with Crippen LogP contribution in [0.3, 0.4) is 0 Å². The van der Waals surface area contributed by atoms with Crippen LogP contribution in [0, 0.1) is 19.8 Å². The molecule has 1 aliphatic heterocycles. The fourth-order valence-corrected chi connectivity index (χ4v) is 3.62. The van der Waals surface area contributed by atoms with Gasteiger partial charge in [-0.05, 0) is 38.8 Å². The van der Waals surface area contributed by atoms with E-state index in [1.165, 1.54) is 0 Å². The minimum Gasteiger partial charge on any atom is -0.466 e. The first-order chi connectivity index (χ1) is 13.3. The first-order valence-electron chi connectivity index (χ1n) is 9.98. The fraction of sp³-hybridized carbons (Fsp3) is 0.571. The lowest BCUT2D eigenvalue weighted by Crippen LogP contribution is -3.17. The molecule has 7 heteroatoms. The third-order valence-electron chi connectivity index (χ3n) is 5.42. The molecule has 1 aliphatic rings. The fourth-order valence-electron chi connectivity index (χ4n) is 3.62. The van der Waals surface area contributed by atoms with E-state index in [1.807, 2.05) is 39.0 Å². The van der Waals surface area contributed by atoms with Gasteiger partial charge in [-0.1, -0.05) is 18.2 Å². The van der Waals surface area contributed by atoms with Crippen molar-refractivity contribution >= 4 is 23.5 Å². The number of likely N-dealkylation sites (tertiary alicyclic amines) is 1. The zero-order valence-electron chi connectivity index (χ0n) is 17.3. The van der Waals surface area contributed by atoms with Crippen LogP contribution in [-0.2, 0) is 19.1 Å². The molecule has 3 N–H and O–H groups in total. The molecular weight excluding hydrogens is 358 g/mol. The maximum absolute atomic E-state index is 12.4. The molecule has 1 heterocycles. The average molecular weight is 391 g/mol. The summed E-state index contributed by atoms with van der Waals surface area (Å²) in [5.41, 5.74) is 2.77. The number of rotatable bonds is 7. The number of hydrogen-bond acceptors (Lipinski definition) is 4. The van der Waals surface area contributed by atoms with Crippen molar-refractivity contribution in [2.24, 2.45) is 5.92 Å². The van der Waals surface area contributed by atoms with Crippen molar-refractivity contribution in [3.63, 3.8) is 0 Å². The van der Waals surface area contributed by atoms with Crippen LogP contribution in [0.2, 0.25) is 0 Å². The number of hydrogen-bond donors (Lipinski definition) is 3. The molecule has 1 atom stereocenters. The van der Waals surface area contributed by atoms with Crippen molar-refractivity contribution in [1.29, 1.82) is 0 Å². The Labute approximate surface area is 166 Å². The zero-order valence-corrected chi connectivity index (χ0v) is 17.3. The van der Waals surface area contributed by atoms with E-state index in [2.05, 4.69) is 10.6 Å². The SMILES string of the molecule is CCOC(=O)C1CC[NH+]([C@@H](C)C(=O)NCC(=O)Nc2c(C)cccc2C)CC1. The molecule has 0 saturated carbocycles. The quantitative estimate of drug-likeness (QED) is 0.595. The molecule has 0 spiro atoms. The van der Waals surface area contributed by atoms with Gasteiger partial charge in [-0.3, -0.25) is 14.4 Å². The van der Waals surface area contributed by atoms with E-state index in [0.717, 1.165) is 47.6 Å². The van der Waals surface area contributed by atoms with Crippen molar-refractivity contribution in [2.45, 2.75) is 46.6 Å². The van der Waals surface area contributed by atoms with E-state index in [0.29, 0.717) is 6.61 Å². The molecule has 1 aromatic carbocycles. The maximum atomic E-state index is 12.4. The minimum atomic E-state index is -0.267. The van der Waals surface area contributed by atoms with Gasteiger partial charge in [-0.15, -0.1) is 0 Å². The summed E-state index contributed by atoms with van der Waals surface area (Å²) in [5.74, 6) is -0.598. The van der Waals surface area contributed by atoms with Gasteiger partial charge in [0.1, 0.15) is 0 Å². The van der Waals surface area contributed by atoms with Crippen LogP contribution in [0.4, 0.5) is 5.69 Å². The Morgan fingerprint density at radius 1 is 1.18 bits per heavy atom. The summed E-state index contributed by atoms with van der Waals surface area (Å²) >= 11 is 0. The van der Waals surface area contributed by atoms with Crippen LogP contribution < -0.4 is 15.5 Å². The molecule has 0 unspecified atom stereocenters. The van der Waals surface area contributed by atoms with Gasteiger partial charge in [0.05, 0.1) is 32.2 Å². The standard InChI is InChI=1S/C21H31N3O4/c1-5-28-21(27)17-9-11-24(12-10-17)16(4)20(26)22-13-18(25)23-19-14(2)7-6-8-15(19)3/h6-8,16-17H,5,9-13H2,1-4H3,(H,22,26)(H,23,25)/p+1/t16-/m0/s1. The lowest BCUT2D eigenvalue weighted by Gasteiger charge is -2.31. The number of anilines is 1. The lowest BCUT2D eigenvalue weighted by atomic mass is 9.96. The number of nitrogens with one attached hydrogen (secondary N) is 3. The number of aryl methyl sites for hydroxylation is 2. The summed E-state index contributed by atoms with van der Waals surface area (Å²) < 4.78 is 5.08. The van der Waals surface area contributed by atoms with E-state index >= 15 is 0 Å². The normalized spacial score (nSPS) is 20.1. The van der Waals surface area contributed by atoms with Gasteiger partial charge in [0.2, 0.25) is 5.91 Å². The van der Waals surface area contributed by atoms with Gasteiger partial charge in [-0.25, -0.2) is 0 Å². The van der Waals surface area contributed by atoms with Crippen molar-refractivity contribution < 1.29 is 24.0 Å². The van der Waals surface area contributed by atoms with Gasteiger partial charge in [0, 0.05) is 18.5 Å². The first kappa shape index (κ1) is 21.9. The number of benzene rings is 1. The smallest absolute Gasteiger partial charge is 0.309 e. The Hall–Kier alpha value is -2.41. The molecule has 1 saturated heterocycles. The van der Waals surface area contributed by atoms with Crippen LogP contribution in [0.1, 0.15) is 37.8 Å². The molecule has 2 rings (SSSR count). The third-order valence-corrected chi connectivity index (χ3v) is 5.42. The largest absolute Gasteiger partial charge is 0.466 e. The number of esters is 1. The molecule has 1 aromatic rings. The second kappa shape index (κ2) is 10.2. The topological polar surface area (TPSA) is 88.9 Å². The number of ether oxygens (including phenoxy) is 1. The maximum Gasteiger partial charge on any atom is 0.309 e. The minimum absolute atomic E-state index is 0.0598. The number of piperidine rings is 1. The summed E-state index contributed by atoms with van der Waals surface area (Å²) in [5, 5.41) is 5.60. The highest BCUT2D eigenvalue weighted by Gasteiger charge is 2.33. The molecule has 0 aromatic heterocycles. The zero-order chi connectivity index (χ0) is 20.7. The average Bonchev–Trinajstić information content (AvgIpc) is 2.68. The highest BCUT2D eigenvalue weighted by atomic mass is 16.5. The van der Waals surface area contributed by atoms with Gasteiger partial charge in [-0.2, -0.15) is 0 Å². The molecule has 2 amide bonds. The van der Waals surface area contributed by atoms with Crippen molar-refractivity contribution in [2.75, 3.05) is 31.6 Å². The second-order valence-electron chi connectivity index (χ2n) is 7.44. The second-order valence-corrected chi connectivity index (χ2v) is 7.44. The van der Waals surface area contributed by atoms with Gasteiger partial charge in [0.25, 0.3) is 5.91 Å². The summed E-state index contributed by atoms with van der Waals surface area (Å²) in [6, 6.07) is 5.55.